The highest BCUT2D eigenvalue weighted by molar-refractivity contribution is 5.92. The van der Waals surface area contributed by atoms with E-state index in [1.807, 2.05) is 0 Å². The first kappa shape index (κ1) is 15.7. The summed E-state index contributed by atoms with van der Waals surface area (Å²) in [6.45, 7) is 4.83. The quantitative estimate of drug-likeness (QED) is 0.908. The van der Waals surface area contributed by atoms with Gasteiger partial charge < -0.3 is 10.6 Å². The predicted octanol–water partition coefficient (Wildman–Crippen LogP) is 2.13. The first-order valence-corrected chi connectivity index (χ1v) is 7.86. The first-order valence-electron chi connectivity index (χ1n) is 7.86. The normalized spacial score (nSPS) is 17.0. The molecule has 0 bridgehead atoms. The lowest BCUT2D eigenvalue weighted by Crippen LogP contribution is -2.43. The largest absolute Gasteiger partial charge is 0.350 e. The van der Waals surface area contributed by atoms with E-state index < -0.39 is 0 Å². The number of hydrogen-bond acceptors (Lipinski definition) is 3. The number of carbonyl (C=O) groups excluding carboxylic acids is 1. The van der Waals surface area contributed by atoms with Gasteiger partial charge in [0, 0.05) is 12.7 Å². The molecule has 0 aliphatic carbocycles. The van der Waals surface area contributed by atoms with Gasteiger partial charge in [0.2, 0.25) is 0 Å². The number of rotatable bonds is 4. The van der Waals surface area contributed by atoms with Crippen molar-refractivity contribution in [2.45, 2.75) is 19.8 Å². The minimum atomic E-state index is -0.297. The zero-order valence-corrected chi connectivity index (χ0v) is 13.2. The highest BCUT2D eigenvalue weighted by atomic mass is 19.1. The van der Waals surface area contributed by atoms with E-state index in [-0.39, 0.29) is 17.1 Å². The molecule has 0 unspecified atom stereocenters. The van der Waals surface area contributed by atoms with Gasteiger partial charge in [0.15, 0.2) is 5.69 Å². The lowest BCUT2D eigenvalue weighted by atomic mass is 9.81. The molecule has 5 nitrogen and oxygen atoms in total. The summed E-state index contributed by atoms with van der Waals surface area (Å²) in [6.07, 6.45) is 3.81. The van der Waals surface area contributed by atoms with Gasteiger partial charge in [-0.15, -0.1) is 0 Å². The number of nitrogens with zero attached hydrogens (tertiary/aromatic N) is 2. The monoisotopic (exact) mass is 316 g/mol. The second kappa shape index (κ2) is 6.50. The number of aromatic nitrogens is 2. The van der Waals surface area contributed by atoms with Gasteiger partial charge in [-0.25, -0.2) is 9.07 Å². The molecule has 1 amide bonds. The molecule has 0 radical (unpaired) electrons. The van der Waals surface area contributed by atoms with Gasteiger partial charge >= 0.3 is 0 Å². The van der Waals surface area contributed by atoms with Crippen molar-refractivity contribution in [3.63, 3.8) is 0 Å². The highest BCUT2D eigenvalue weighted by Gasteiger charge is 2.27. The van der Waals surface area contributed by atoms with E-state index in [1.165, 1.54) is 12.1 Å². The average molecular weight is 316 g/mol. The molecule has 1 aromatic carbocycles. The molecule has 1 aromatic heterocycles. The van der Waals surface area contributed by atoms with Crippen LogP contribution in [0.3, 0.4) is 0 Å². The molecule has 0 saturated carbocycles. The van der Waals surface area contributed by atoms with Crippen molar-refractivity contribution < 1.29 is 9.18 Å². The summed E-state index contributed by atoms with van der Waals surface area (Å²) >= 11 is 0. The SMILES string of the molecule is CC1(CNC(=O)c2ccn(-c3ccc(F)cc3)n2)CCNCC1. The van der Waals surface area contributed by atoms with Crippen LogP contribution in [0.4, 0.5) is 4.39 Å². The molecular weight excluding hydrogens is 295 g/mol. The van der Waals surface area contributed by atoms with E-state index in [1.54, 1.807) is 29.1 Å². The van der Waals surface area contributed by atoms with Gasteiger partial charge in [0.25, 0.3) is 5.91 Å². The molecular formula is C17H21FN4O. The Morgan fingerprint density at radius 1 is 1.30 bits per heavy atom. The number of halogens is 1. The maximum Gasteiger partial charge on any atom is 0.271 e. The fourth-order valence-corrected chi connectivity index (χ4v) is 2.77. The molecule has 23 heavy (non-hydrogen) atoms. The number of piperidine rings is 1. The molecule has 3 rings (SSSR count). The second-order valence-corrected chi connectivity index (χ2v) is 6.37. The zero-order chi connectivity index (χ0) is 16.3. The number of amides is 1. The lowest BCUT2D eigenvalue weighted by Gasteiger charge is -2.34. The Labute approximate surface area is 134 Å². The van der Waals surface area contributed by atoms with Gasteiger partial charge in [-0.2, -0.15) is 5.10 Å². The smallest absolute Gasteiger partial charge is 0.271 e. The average Bonchev–Trinajstić information content (AvgIpc) is 3.04. The molecule has 2 heterocycles. The van der Waals surface area contributed by atoms with Crippen molar-refractivity contribution in [1.82, 2.24) is 20.4 Å². The van der Waals surface area contributed by atoms with Gasteiger partial charge in [-0.05, 0) is 61.7 Å². The summed E-state index contributed by atoms with van der Waals surface area (Å²) in [7, 11) is 0. The van der Waals surface area contributed by atoms with Crippen LogP contribution in [0.1, 0.15) is 30.3 Å². The minimum Gasteiger partial charge on any atom is -0.350 e. The molecule has 2 aromatic rings. The Bertz CT molecular complexity index is 674. The van der Waals surface area contributed by atoms with Crippen molar-refractivity contribution in [1.29, 1.82) is 0 Å². The Morgan fingerprint density at radius 2 is 2.00 bits per heavy atom. The van der Waals surface area contributed by atoms with E-state index in [2.05, 4.69) is 22.7 Å². The summed E-state index contributed by atoms with van der Waals surface area (Å²) in [5.41, 5.74) is 1.23. The van der Waals surface area contributed by atoms with Gasteiger partial charge in [0.1, 0.15) is 5.82 Å². The molecule has 6 heteroatoms. The third-order valence-electron chi connectivity index (χ3n) is 4.40. The lowest BCUT2D eigenvalue weighted by molar-refractivity contribution is 0.0917. The Kier molecular flexibility index (Phi) is 4.43. The summed E-state index contributed by atoms with van der Waals surface area (Å²) in [4.78, 5) is 12.3. The molecule has 122 valence electrons. The fraction of sp³-hybridized carbons (Fsp3) is 0.412. The summed E-state index contributed by atoms with van der Waals surface area (Å²) in [5, 5.41) is 10.6. The van der Waals surface area contributed by atoms with E-state index >= 15 is 0 Å². The van der Waals surface area contributed by atoms with Crippen LogP contribution < -0.4 is 10.6 Å². The number of hydrogen-bond donors (Lipinski definition) is 2. The predicted molar refractivity (Wildman–Crippen MR) is 86.1 cm³/mol. The maximum absolute atomic E-state index is 13.0. The first-order chi connectivity index (χ1) is 11.1. The molecule has 1 saturated heterocycles. The summed E-state index contributed by atoms with van der Waals surface area (Å²) in [5.74, 6) is -0.472. The van der Waals surface area contributed by atoms with Crippen molar-refractivity contribution in [3.05, 3.63) is 48.0 Å². The van der Waals surface area contributed by atoms with E-state index in [9.17, 15) is 9.18 Å². The zero-order valence-electron chi connectivity index (χ0n) is 13.2. The topological polar surface area (TPSA) is 59.0 Å². The third-order valence-corrected chi connectivity index (χ3v) is 4.40. The molecule has 1 aliphatic heterocycles. The van der Waals surface area contributed by atoms with Crippen molar-refractivity contribution in [2.24, 2.45) is 5.41 Å². The van der Waals surface area contributed by atoms with Gasteiger partial charge in [-0.3, -0.25) is 4.79 Å². The molecule has 1 fully saturated rings. The van der Waals surface area contributed by atoms with Crippen LogP contribution in [0.15, 0.2) is 36.5 Å². The Hall–Kier alpha value is -2.21. The van der Waals surface area contributed by atoms with Crippen LogP contribution in [-0.2, 0) is 0 Å². The number of carbonyl (C=O) groups is 1. The van der Waals surface area contributed by atoms with Crippen molar-refractivity contribution in [2.75, 3.05) is 19.6 Å². The summed E-state index contributed by atoms with van der Waals surface area (Å²) < 4.78 is 14.5. The highest BCUT2D eigenvalue weighted by Crippen LogP contribution is 2.26. The van der Waals surface area contributed by atoms with Crippen molar-refractivity contribution in [3.8, 4) is 5.69 Å². The van der Waals surface area contributed by atoms with E-state index in [0.717, 1.165) is 31.6 Å². The van der Waals surface area contributed by atoms with Crippen molar-refractivity contribution >= 4 is 5.91 Å². The summed E-state index contributed by atoms with van der Waals surface area (Å²) in [6, 6.07) is 7.66. The second-order valence-electron chi connectivity index (χ2n) is 6.37. The van der Waals surface area contributed by atoms with Gasteiger partial charge in [-0.1, -0.05) is 6.92 Å². The third kappa shape index (κ3) is 3.76. The maximum atomic E-state index is 13.0. The van der Waals surface area contributed by atoms with Crippen LogP contribution in [0.25, 0.3) is 5.69 Å². The standard InChI is InChI=1S/C17H21FN4O/c1-17(7-9-19-10-8-17)12-20-16(23)15-6-11-22(21-15)14-4-2-13(18)3-5-14/h2-6,11,19H,7-10,12H2,1H3,(H,20,23). The molecule has 2 N–H and O–H groups in total. The van der Waals surface area contributed by atoms with E-state index in [0.29, 0.717) is 12.2 Å². The number of benzene rings is 1. The van der Waals surface area contributed by atoms with Crippen LogP contribution in [0.5, 0.6) is 0 Å². The Balaban J connectivity index is 1.63. The fourth-order valence-electron chi connectivity index (χ4n) is 2.77. The molecule has 0 atom stereocenters. The molecule has 1 aliphatic rings. The van der Waals surface area contributed by atoms with Gasteiger partial charge in [0.05, 0.1) is 5.69 Å². The van der Waals surface area contributed by atoms with Crippen LogP contribution >= 0.6 is 0 Å². The van der Waals surface area contributed by atoms with E-state index in [4.69, 9.17) is 0 Å². The Morgan fingerprint density at radius 3 is 2.70 bits per heavy atom. The van der Waals surface area contributed by atoms with Crippen LogP contribution in [0, 0.1) is 11.2 Å². The molecule has 0 spiro atoms. The minimum absolute atomic E-state index is 0.139. The van der Waals surface area contributed by atoms with Crippen LogP contribution in [-0.4, -0.2) is 35.3 Å². The van der Waals surface area contributed by atoms with Crippen LogP contribution in [0.2, 0.25) is 0 Å². The number of nitrogens with one attached hydrogen (secondary N) is 2.